The van der Waals surface area contributed by atoms with E-state index in [2.05, 4.69) is 15.5 Å². The molecule has 6 nitrogen and oxygen atoms in total. The lowest BCUT2D eigenvalue weighted by Gasteiger charge is -2.09. The number of amides is 1. The summed E-state index contributed by atoms with van der Waals surface area (Å²) < 4.78 is 3.61. The first-order valence-electron chi connectivity index (χ1n) is 7.52. The smallest absolute Gasteiger partial charge is 0.226 e. The van der Waals surface area contributed by atoms with Crippen molar-refractivity contribution in [2.45, 2.75) is 26.8 Å². The van der Waals surface area contributed by atoms with Crippen LogP contribution in [0.5, 0.6) is 0 Å². The van der Waals surface area contributed by atoms with E-state index in [-0.39, 0.29) is 5.91 Å². The van der Waals surface area contributed by atoms with Gasteiger partial charge in [-0.05, 0) is 43.7 Å². The van der Waals surface area contributed by atoms with E-state index in [4.69, 9.17) is 0 Å². The van der Waals surface area contributed by atoms with Crippen molar-refractivity contribution >= 4 is 11.6 Å². The van der Waals surface area contributed by atoms with E-state index in [1.54, 1.807) is 17.1 Å². The van der Waals surface area contributed by atoms with E-state index in [0.29, 0.717) is 13.0 Å². The van der Waals surface area contributed by atoms with Crippen LogP contribution in [-0.2, 0) is 11.3 Å². The average molecular weight is 309 g/mol. The molecule has 6 heteroatoms. The van der Waals surface area contributed by atoms with Gasteiger partial charge in [0.1, 0.15) is 0 Å². The molecule has 0 saturated heterocycles. The predicted octanol–water partition coefficient (Wildman–Crippen LogP) is 2.71. The molecule has 2 heterocycles. The number of nitrogens with one attached hydrogen (secondary N) is 1. The Morgan fingerprint density at radius 1 is 1.22 bits per heavy atom. The third kappa shape index (κ3) is 3.66. The number of carbonyl (C=O) groups is 1. The van der Waals surface area contributed by atoms with Crippen molar-refractivity contribution < 1.29 is 4.79 Å². The number of hydrogen-bond donors (Lipinski definition) is 1. The van der Waals surface area contributed by atoms with Gasteiger partial charge in [0.25, 0.3) is 0 Å². The Labute approximate surface area is 134 Å². The molecule has 0 unspecified atom stereocenters. The Hall–Kier alpha value is -2.89. The third-order valence-electron chi connectivity index (χ3n) is 3.54. The number of benzene rings is 1. The lowest BCUT2D eigenvalue weighted by atomic mass is 10.2. The quantitative estimate of drug-likeness (QED) is 0.788. The molecule has 23 heavy (non-hydrogen) atoms. The summed E-state index contributed by atoms with van der Waals surface area (Å²) in [4.78, 5) is 12.1. The summed E-state index contributed by atoms with van der Waals surface area (Å²) in [6.45, 7) is 4.54. The zero-order valence-electron chi connectivity index (χ0n) is 13.2. The molecular formula is C17H19N5O. The van der Waals surface area contributed by atoms with Crippen LogP contribution in [0.25, 0.3) is 5.69 Å². The third-order valence-corrected chi connectivity index (χ3v) is 3.54. The summed E-state index contributed by atoms with van der Waals surface area (Å²) in [6, 6.07) is 9.59. The molecule has 0 aliphatic carbocycles. The normalized spacial score (nSPS) is 10.7. The molecule has 0 fully saturated rings. The summed E-state index contributed by atoms with van der Waals surface area (Å²) >= 11 is 0. The minimum Gasteiger partial charge on any atom is -0.326 e. The first kappa shape index (κ1) is 15.0. The maximum absolute atomic E-state index is 12.1. The maximum atomic E-state index is 12.1. The van der Waals surface area contributed by atoms with Crippen molar-refractivity contribution in [2.75, 3.05) is 5.32 Å². The molecule has 0 atom stereocenters. The number of aromatic nitrogens is 4. The van der Waals surface area contributed by atoms with Gasteiger partial charge in [-0.25, -0.2) is 4.68 Å². The van der Waals surface area contributed by atoms with Crippen LogP contribution >= 0.6 is 0 Å². The minimum absolute atomic E-state index is 0.0347. The molecule has 1 N–H and O–H groups in total. The molecule has 0 spiro atoms. The van der Waals surface area contributed by atoms with Gasteiger partial charge < -0.3 is 5.32 Å². The Balaban J connectivity index is 1.63. The standard InChI is InChI=1S/C17H19N5O/c1-13-11-19-21(12-13)9-7-17(23)20-15-4-3-5-16(10-15)22-14(2)6-8-18-22/h3-6,8,10-12H,7,9H2,1-2H3,(H,20,23). The lowest BCUT2D eigenvalue weighted by Crippen LogP contribution is -2.15. The van der Waals surface area contributed by atoms with E-state index in [9.17, 15) is 4.79 Å². The Morgan fingerprint density at radius 3 is 2.78 bits per heavy atom. The second-order valence-corrected chi connectivity index (χ2v) is 5.51. The summed E-state index contributed by atoms with van der Waals surface area (Å²) in [6.07, 6.45) is 5.85. The number of rotatable bonds is 5. The van der Waals surface area contributed by atoms with Gasteiger partial charge in [-0.2, -0.15) is 10.2 Å². The van der Waals surface area contributed by atoms with Crippen LogP contribution in [0.4, 0.5) is 5.69 Å². The van der Waals surface area contributed by atoms with Crippen molar-refractivity contribution in [2.24, 2.45) is 0 Å². The lowest BCUT2D eigenvalue weighted by molar-refractivity contribution is -0.116. The minimum atomic E-state index is -0.0347. The fourth-order valence-electron chi connectivity index (χ4n) is 2.38. The molecule has 0 aliphatic rings. The molecule has 0 bridgehead atoms. The van der Waals surface area contributed by atoms with E-state index in [1.165, 1.54) is 0 Å². The van der Waals surface area contributed by atoms with Crippen LogP contribution in [-0.4, -0.2) is 25.5 Å². The highest BCUT2D eigenvalue weighted by Gasteiger charge is 2.06. The van der Waals surface area contributed by atoms with Crippen LogP contribution in [0.15, 0.2) is 48.9 Å². The van der Waals surface area contributed by atoms with Crippen molar-refractivity contribution in [1.29, 1.82) is 0 Å². The average Bonchev–Trinajstić information content (AvgIpc) is 3.14. The van der Waals surface area contributed by atoms with Crippen LogP contribution in [0.2, 0.25) is 0 Å². The molecular weight excluding hydrogens is 290 g/mol. The van der Waals surface area contributed by atoms with Gasteiger partial charge in [-0.1, -0.05) is 6.07 Å². The van der Waals surface area contributed by atoms with Gasteiger partial charge in [0.05, 0.1) is 11.9 Å². The largest absolute Gasteiger partial charge is 0.326 e. The molecule has 0 radical (unpaired) electrons. The van der Waals surface area contributed by atoms with E-state index in [0.717, 1.165) is 22.6 Å². The topological polar surface area (TPSA) is 64.7 Å². The maximum Gasteiger partial charge on any atom is 0.226 e. The molecule has 118 valence electrons. The fourth-order valence-corrected chi connectivity index (χ4v) is 2.38. The summed E-state index contributed by atoms with van der Waals surface area (Å²) in [5, 5.41) is 11.4. The van der Waals surface area contributed by atoms with Crippen LogP contribution in [0.1, 0.15) is 17.7 Å². The highest BCUT2D eigenvalue weighted by Crippen LogP contribution is 2.16. The number of nitrogens with zero attached hydrogens (tertiary/aromatic N) is 4. The van der Waals surface area contributed by atoms with E-state index in [1.807, 2.05) is 55.1 Å². The molecule has 0 saturated carbocycles. The summed E-state index contributed by atoms with van der Waals surface area (Å²) in [7, 11) is 0. The van der Waals surface area contributed by atoms with E-state index < -0.39 is 0 Å². The molecule has 3 rings (SSSR count). The van der Waals surface area contributed by atoms with Crippen molar-refractivity contribution in [3.8, 4) is 5.69 Å². The second kappa shape index (κ2) is 6.48. The van der Waals surface area contributed by atoms with Gasteiger partial charge in [-0.15, -0.1) is 0 Å². The number of carbonyl (C=O) groups excluding carboxylic acids is 1. The number of anilines is 1. The highest BCUT2D eigenvalue weighted by atomic mass is 16.1. The molecule has 1 aromatic carbocycles. The fraction of sp³-hybridized carbons (Fsp3) is 0.235. The zero-order valence-corrected chi connectivity index (χ0v) is 13.2. The van der Waals surface area contributed by atoms with E-state index >= 15 is 0 Å². The second-order valence-electron chi connectivity index (χ2n) is 5.51. The SMILES string of the molecule is Cc1cnn(CCC(=O)Nc2cccc(-n3nccc3C)c2)c1. The highest BCUT2D eigenvalue weighted by molar-refractivity contribution is 5.90. The number of aryl methyl sites for hydroxylation is 3. The predicted molar refractivity (Wildman–Crippen MR) is 88.5 cm³/mol. The first-order valence-corrected chi connectivity index (χ1v) is 7.52. The summed E-state index contributed by atoms with van der Waals surface area (Å²) in [5.41, 5.74) is 3.82. The Bertz CT molecular complexity index is 818. The van der Waals surface area contributed by atoms with Crippen LogP contribution < -0.4 is 5.32 Å². The van der Waals surface area contributed by atoms with Gasteiger partial charge in [0.15, 0.2) is 0 Å². The van der Waals surface area contributed by atoms with Gasteiger partial charge in [-0.3, -0.25) is 9.48 Å². The van der Waals surface area contributed by atoms with Gasteiger partial charge >= 0.3 is 0 Å². The Kier molecular flexibility index (Phi) is 4.23. The van der Waals surface area contributed by atoms with Crippen molar-refractivity contribution in [3.05, 3.63) is 60.2 Å². The summed E-state index contributed by atoms with van der Waals surface area (Å²) in [5.74, 6) is -0.0347. The molecule has 3 aromatic rings. The molecule has 1 amide bonds. The van der Waals surface area contributed by atoms with Crippen LogP contribution in [0.3, 0.4) is 0 Å². The van der Waals surface area contributed by atoms with Crippen molar-refractivity contribution in [3.63, 3.8) is 0 Å². The molecule has 2 aromatic heterocycles. The van der Waals surface area contributed by atoms with Gasteiger partial charge in [0.2, 0.25) is 5.91 Å². The monoisotopic (exact) mass is 309 g/mol. The zero-order chi connectivity index (χ0) is 16.2. The molecule has 0 aliphatic heterocycles. The first-order chi connectivity index (χ1) is 11.1. The Morgan fingerprint density at radius 2 is 2.09 bits per heavy atom. The van der Waals surface area contributed by atoms with Gasteiger partial charge in [0, 0.05) is 36.7 Å². The van der Waals surface area contributed by atoms with Crippen molar-refractivity contribution in [1.82, 2.24) is 19.6 Å². The number of hydrogen-bond acceptors (Lipinski definition) is 3. The van der Waals surface area contributed by atoms with Crippen LogP contribution in [0, 0.1) is 13.8 Å².